The van der Waals surface area contributed by atoms with E-state index < -0.39 is 0 Å². The van der Waals surface area contributed by atoms with E-state index in [4.69, 9.17) is 4.74 Å². The Morgan fingerprint density at radius 1 is 0.649 bits per heavy atom. The molecule has 1 aliphatic heterocycles. The van der Waals surface area contributed by atoms with Crippen LogP contribution in [-0.2, 0) is 6.42 Å². The molecule has 0 saturated carbocycles. The Balaban J connectivity index is 0.00000173. The highest BCUT2D eigenvalue weighted by Crippen LogP contribution is 2.44. The lowest BCUT2D eigenvalue weighted by molar-refractivity contribution is 0.461. The van der Waals surface area contributed by atoms with Gasteiger partial charge in [-0.05, 0) is 105 Å². The van der Waals surface area contributed by atoms with E-state index in [1.54, 1.807) is 0 Å². The van der Waals surface area contributed by atoms with Crippen molar-refractivity contribution in [2.75, 3.05) is 0 Å². The maximum absolute atomic E-state index is 6.81. The highest BCUT2D eigenvalue weighted by molar-refractivity contribution is 5.89. The first-order valence-electron chi connectivity index (χ1n) is 14.0. The average Bonchev–Trinajstić information content (AvgIpc) is 2.94. The minimum atomic E-state index is 0. The van der Waals surface area contributed by atoms with E-state index in [-0.39, 0.29) is 7.43 Å². The molecule has 204 valence electrons. The lowest BCUT2D eigenvalue weighted by Crippen LogP contribution is -2.29. The summed E-state index contributed by atoms with van der Waals surface area (Å²) in [4.78, 5) is 0. The van der Waals surface area contributed by atoms with E-state index in [2.05, 4.69) is 91.8 Å². The van der Waals surface area contributed by atoms with Crippen LogP contribution in [0.5, 0.6) is 11.5 Å². The standard InChI is InChI=1S/C29H32O.3C2H6.CH3/c1-9-23-16(3)18(5)25-27(22-14-12-11-13-15-22)26-19(6)17(4)24(10-2)21(8)29(26)30-28(25)20(23)7;3*1-2;/h9,11-15H,10H2,1-8H3;3*1-2H3;1H3/q;;;;-1/b23-9+;;;;. The van der Waals surface area contributed by atoms with Gasteiger partial charge < -0.3 is 12.2 Å². The van der Waals surface area contributed by atoms with Crippen molar-refractivity contribution in [1.82, 2.24) is 0 Å². The molecule has 0 aliphatic carbocycles. The summed E-state index contributed by atoms with van der Waals surface area (Å²) in [7, 11) is 0. The highest BCUT2D eigenvalue weighted by Gasteiger charge is 2.29. The summed E-state index contributed by atoms with van der Waals surface area (Å²) >= 11 is 0. The number of hydrogen-bond acceptors (Lipinski definition) is 1. The first-order chi connectivity index (χ1) is 17.3. The van der Waals surface area contributed by atoms with Crippen molar-refractivity contribution in [1.29, 1.82) is 0 Å². The molecule has 3 aromatic rings. The van der Waals surface area contributed by atoms with Gasteiger partial charge in [-0.1, -0.05) is 84.9 Å². The Morgan fingerprint density at radius 2 is 1.19 bits per heavy atom. The summed E-state index contributed by atoms with van der Waals surface area (Å²) in [5, 5.41) is 2.54. The van der Waals surface area contributed by atoms with E-state index in [0.29, 0.717) is 0 Å². The number of fused-ring (bicyclic) bond motifs is 2. The lowest BCUT2D eigenvalue weighted by Gasteiger charge is -2.30. The van der Waals surface area contributed by atoms with Gasteiger partial charge in [0.2, 0.25) is 0 Å². The van der Waals surface area contributed by atoms with Crippen LogP contribution in [0.1, 0.15) is 105 Å². The zero-order valence-corrected chi connectivity index (χ0v) is 26.6. The minimum Gasteiger partial charge on any atom is -0.455 e. The molecular formula is C36H53O-. The predicted octanol–water partition coefficient (Wildman–Crippen LogP) is 9.78. The molecular weight excluding hydrogens is 448 g/mol. The van der Waals surface area contributed by atoms with E-state index >= 15 is 0 Å². The van der Waals surface area contributed by atoms with Gasteiger partial charge in [-0.25, -0.2) is 0 Å². The Bertz CT molecular complexity index is 1290. The van der Waals surface area contributed by atoms with Crippen LogP contribution in [0.15, 0.2) is 30.3 Å². The number of hydrogen-bond donors (Lipinski definition) is 0. The summed E-state index contributed by atoms with van der Waals surface area (Å²) < 4.78 is 6.81. The molecule has 0 fully saturated rings. The van der Waals surface area contributed by atoms with Crippen molar-refractivity contribution < 1.29 is 4.74 Å². The Kier molecular flexibility index (Phi) is 14.3. The van der Waals surface area contributed by atoms with Crippen LogP contribution in [0.25, 0.3) is 11.6 Å². The number of benzene rings is 3. The molecule has 0 aromatic heterocycles. The van der Waals surface area contributed by atoms with Crippen LogP contribution < -0.4 is 15.2 Å². The molecule has 0 radical (unpaired) electrons. The Morgan fingerprint density at radius 3 is 1.68 bits per heavy atom. The van der Waals surface area contributed by atoms with Gasteiger partial charge in [0.25, 0.3) is 0 Å². The monoisotopic (exact) mass is 501 g/mol. The summed E-state index contributed by atoms with van der Waals surface area (Å²) in [5.41, 5.74) is 13.1. The first kappa shape index (κ1) is 34.2. The molecule has 3 aromatic carbocycles. The van der Waals surface area contributed by atoms with Gasteiger partial charge in [0.1, 0.15) is 11.5 Å². The maximum Gasteiger partial charge on any atom is 0.139 e. The molecule has 0 N–H and O–H groups in total. The van der Waals surface area contributed by atoms with Crippen LogP contribution >= 0.6 is 0 Å². The summed E-state index contributed by atoms with van der Waals surface area (Å²) in [6, 6.07) is 10.8. The zero-order valence-electron chi connectivity index (χ0n) is 26.6. The van der Waals surface area contributed by atoms with Gasteiger partial charge >= 0.3 is 0 Å². The number of rotatable bonds is 2. The molecule has 1 heterocycles. The van der Waals surface area contributed by atoms with Gasteiger partial charge in [-0.15, -0.1) is 0 Å². The third-order valence-corrected chi connectivity index (χ3v) is 7.13. The van der Waals surface area contributed by atoms with Crippen LogP contribution in [0.2, 0.25) is 0 Å². The summed E-state index contributed by atoms with van der Waals surface area (Å²) in [6.07, 6.45) is 3.23. The van der Waals surface area contributed by atoms with E-state index in [1.807, 2.05) is 41.5 Å². The van der Waals surface area contributed by atoms with Gasteiger partial charge in [0.05, 0.1) is 0 Å². The van der Waals surface area contributed by atoms with E-state index in [1.165, 1.54) is 66.1 Å². The topological polar surface area (TPSA) is 9.23 Å². The molecule has 37 heavy (non-hydrogen) atoms. The Hall–Kier alpha value is -2.80. The second kappa shape index (κ2) is 15.5. The molecule has 4 rings (SSSR count). The molecule has 0 spiro atoms. The zero-order chi connectivity index (χ0) is 27.7. The second-order valence-electron chi connectivity index (χ2n) is 8.54. The molecule has 0 unspecified atom stereocenters. The smallest absolute Gasteiger partial charge is 0.139 e. The van der Waals surface area contributed by atoms with Crippen LogP contribution in [0.3, 0.4) is 0 Å². The average molecular weight is 502 g/mol. The quantitative estimate of drug-likeness (QED) is 0.248. The van der Waals surface area contributed by atoms with Crippen molar-refractivity contribution in [3.8, 4) is 11.5 Å². The second-order valence-corrected chi connectivity index (χ2v) is 8.54. The van der Waals surface area contributed by atoms with Crippen LogP contribution in [-0.4, -0.2) is 0 Å². The molecule has 0 saturated heterocycles. The summed E-state index contributed by atoms with van der Waals surface area (Å²) in [6.45, 7) is 29.8. The largest absolute Gasteiger partial charge is 0.455 e. The van der Waals surface area contributed by atoms with Crippen molar-refractivity contribution in [2.24, 2.45) is 0 Å². The fraction of sp³-hybridized carbons (Fsp3) is 0.417. The van der Waals surface area contributed by atoms with Gasteiger partial charge in [-0.2, -0.15) is 0 Å². The molecule has 0 bridgehead atoms. The first-order valence-corrected chi connectivity index (χ1v) is 14.0. The third kappa shape index (κ3) is 6.03. The highest BCUT2D eigenvalue weighted by atomic mass is 16.5. The minimum absolute atomic E-state index is 0. The lowest BCUT2D eigenvalue weighted by atomic mass is 9.82. The fourth-order valence-corrected chi connectivity index (χ4v) is 5.28. The van der Waals surface area contributed by atoms with Crippen molar-refractivity contribution in [2.45, 2.75) is 103 Å². The summed E-state index contributed by atoms with van der Waals surface area (Å²) in [5.74, 6) is 2.06. The van der Waals surface area contributed by atoms with Crippen LogP contribution in [0, 0.1) is 49.0 Å². The van der Waals surface area contributed by atoms with Crippen molar-refractivity contribution in [3.05, 3.63) is 98.3 Å². The predicted molar refractivity (Wildman–Crippen MR) is 169 cm³/mol. The van der Waals surface area contributed by atoms with Crippen LogP contribution in [0.4, 0.5) is 0 Å². The molecule has 1 nitrogen and oxygen atoms in total. The fourth-order valence-electron chi connectivity index (χ4n) is 5.28. The van der Waals surface area contributed by atoms with Crippen molar-refractivity contribution in [3.63, 3.8) is 0 Å². The van der Waals surface area contributed by atoms with Gasteiger partial charge in [0, 0.05) is 16.4 Å². The number of ether oxygens (including phenoxy) is 1. The molecule has 0 amide bonds. The van der Waals surface area contributed by atoms with E-state index in [9.17, 15) is 0 Å². The molecule has 0 atom stereocenters. The Labute approximate surface area is 229 Å². The molecule has 1 aliphatic rings. The maximum atomic E-state index is 6.81. The SMILES string of the molecule is C/C=c1\c(C)c(C)c2c(c1C)Oc1c(C)c(CC)c(C)c(C)c1C=2c1ccccc1.CC.CC.CC.[CH3-]. The molecule has 1 heteroatoms. The normalized spacial score (nSPS) is 11.2. The van der Waals surface area contributed by atoms with Gasteiger partial charge in [-0.3, -0.25) is 0 Å². The van der Waals surface area contributed by atoms with E-state index in [0.717, 1.165) is 17.9 Å². The van der Waals surface area contributed by atoms with Crippen molar-refractivity contribution >= 4 is 11.6 Å². The van der Waals surface area contributed by atoms with Gasteiger partial charge in [0.15, 0.2) is 0 Å². The third-order valence-electron chi connectivity index (χ3n) is 7.13.